The first kappa shape index (κ1) is 18.5. The third kappa shape index (κ3) is 3.48. The van der Waals surface area contributed by atoms with Crippen molar-refractivity contribution in [3.05, 3.63) is 34.9 Å². The fraction of sp³-hybridized carbons (Fsp3) is 0.500. The summed E-state index contributed by atoms with van der Waals surface area (Å²) >= 11 is 0. The summed E-state index contributed by atoms with van der Waals surface area (Å²) in [4.78, 5) is 12.2. The summed E-state index contributed by atoms with van der Waals surface area (Å²) in [6.07, 6.45) is -4.11. The van der Waals surface area contributed by atoms with E-state index >= 15 is 0 Å². The molecule has 2 rings (SSSR count). The van der Waals surface area contributed by atoms with Gasteiger partial charge in [-0.3, -0.25) is 0 Å². The first-order chi connectivity index (χ1) is 10.8. The second kappa shape index (κ2) is 5.92. The van der Waals surface area contributed by atoms with E-state index < -0.39 is 57.7 Å². The molecule has 1 aromatic carbocycles. The van der Waals surface area contributed by atoms with E-state index in [-0.39, 0.29) is 9.87 Å². The average Bonchev–Trinajstić information content (AvgIpc) is 2.69. The van der Waals surface area contributed by atoms with Crippen LogP contribution < -0.4 is 5.14 Å². The summed E-state index contributed by atoms with van der Waals surface area (Å²) in [5.74, 6) is -1.93. The zero-order valence-electron chi connectivity index (χ0n) is 13.2. The number of nitrogens with two attached hydrogens (primary N) is 1. The van der Waals surface area contributed by atoms with Crippen LogP contribution in [0.25, 0.3) is 0 Å². The van der Waals surface area contributed by atoms with Crippen LogP contribution in [0.15, 0.2) is 12.1 Å². The van der Waals surface area contributed by atoms with Gasteiger partial charge in [0.2, 0.25) is 0 Å². The number of benzene rings is 1. The Morgan fingerprint density at radius 1 is 1.29 bits per heavy atom. The van der Waals surface area contributed by atoms with E-state index in [9.17, 15) is 26.4 Å². The summed E-state index contributed by atoms with van der Waals surface area (Å²) in [7, 11) is -4.80. The molecule has 2 atom stereocenters. The minimum atomic E-state index is -4.80. The van der Waals surface area contributed by atoms with Gasteiger partial charge in [-0.25, -0.2) is 23.1 Å². The smallest absolute Gasteiger partial charge is 0.425 e. The van der Waals surface area contributed by atoms with Crippen molar-refractivity contribution >= 4 is 16.3 Å². The Kier molecular flexibility index (Phi) is 4.57. The van der Waals surface area contributed by atoms with Crippen molar-refractivity contribution in [3.8, 4) is 0 Å². The average molecular weight is 366 g/mol. The van der Waals surface area contributed by atoms with Gasteiger partial charge in [-0.15, -0.1) is 0 Å². The molecule has 1 aliphatic rings. The van der Waals surface area contributed by atoms with Gasteiger partial charge in [0.25, 0.3) is 0 Å². The molecule has 1 aromatic rings. The van der Waals surface area contributed by atoms with E-state index in [1.807, 2.05) is 0 Å². The number of carbonyl (C=O) groups excluding carboxylic acids is 1. The number of nitrogens with zero attached hydrogens (tertiary/aromatic N) is 1. The molecule has 0 radical (unpaired) electrons. The second-order valence-electron chi connectivity index (χ2n) is 6.41. The number of halogens is 3. The lowest BCUT2D eigenvalue weighted by Crippen LogP contribution is -2.48. The van der Waals surface area contributed by atoms with Gasteiger partial charge in [0.05, 0.1) is 0 Å². The summed E-state index contributed by atoms with van der Waals surface area (Å²) < 4.78 is 70.8. The van der Waals surface area contributed by atoms with Crippen LogP contribution in [0.2, 0.25) is 0 Å². The lowest BCUT2D eigenvalue weighted by atomic mass is 10.1. The highest BCUT2D eigenvalue weighted by Gasteiger charge is 2.47. The molecule has 134 valence electrons. The summed E-state index contributed by atoms with van der Waals surface area (Å²) in [5, 5.41) is 5.00. The van der Waals surface area contributed by atoms with Gasteiger partial charge in [0, 0.05) is 12.0 Å². The Hall–Kier alpha value is -1.81. The molecule has 0 aromatic heterocycles. The highest BCUT2D eigenvalue weighted by Crippen LogP contribution is 2.42. The molecule has 0 spiro atoms. The van der Waals surface area contributed by atoms with Crippen molar-refractivity contribution in [2.75, 3.05) is 0 Å². The normalized spacial score (nSPS) is 20.6. The minimum absolute atomic E-state index is 0.0722. The maximum absolute atomic E-state index is 14.4. The molecule has 10 heteroatoms. The van der Waals surface area contributed by atoms with Crippen LogP contribution in [0.1, 0.15) is 37.9 Å². The van der Waals surface area contributed by atoms with E-state index in [4.69, 9.17) is 9.88 Å². The number of hydrogen-bond acceptors (Lipinski definition) is 4. The summed E-state index contributed by atoms with van der Waals surface area (Å²) in [6.45, 7) is 4.38. The van der Waals surface area contributed by atoms with E-state index in [0.29, 0.717) is 0 Å². The third-order valence-corrected chi connectivity index (χ3v) is 4.31. The van der Waals surface area contributed by atoms with Crippen molar-refractivity contribution in [3.63, 3.8) is 0 Å². The predicted octanol–water partition coefficient (Wildman–Crippen LogP) is 2.34. The number of alkyl halides is 1. The van der Waals surface area contributed by atoms with E-state index in [1.165, 1.54) is 20.8 Å². The number of rotatable bonds is 2. The second-order valence-corrected chi connectivity index (χ2v) is 7.83. The van der Waals surface area contributed by atoms with Gasteiger partial charge in [0.1, 0.15) is 29.4 Å². The van der Waals surface area contributed by atoms with Crippen molar-refractivity contribution in [2.45, 2.75) is 45.0 Å². The molecule has 1 aliphatic carbocycles. The molecule has 0 bridgehead atoms. The summed E-state index contributed by atoms with van der Waals surface area (Å²) in [6, 6.07) is -0.395. The predicted molar refractivity (Wildman–Crippen MR) is 78.9 cm³/mol. The lowest BCUT2D eigenvalue weighted by Gasteiger charge is -2.30. The molecular formula is C14H17F3N2O4S. The SMILES string of the molecule is CC(C)(C)OC(=O)N(C1c2c(F)ccc(F)c2CC1F)S(N)(=O)=O. The van der Waals surface area contributed by atoms with Crippen LogP contribution in [0.3, 0.4) is 0 Å². The maximum Gasteiger partial charge on any atom is 0.425 e. The van der Waals surface area contributed by atoms with Crippen molar-refractivity contribution < 1.29 is 31.1 Å². The van der Waals surface area contributed by atoms with Crippen LogP contribution in [0.4, 0.5) is 18.0 Å². The standard InChI is InChI=1S/C14H17F3N2O4S/c1-14(2,3)23-13(20)19(24(18,21)22)12-10(17)6-7-8(15)4-5-9(16)11(7)12/h4-5,10,12H,6H2,1-3H3,(H2,18,21,22). The highest BCUT2D eigenvalue weighted by molar-refractivity contribution is 7.87. The molecule has 0 saturated carbocycles. The Bertz CT molecular complexity index is 777. The highest BCUT2D eigenvalue weighted by atomic mass is 32.2. The molecule has 0 heterocycles. The van der Waals surface area contributed by atoms with Crippen molar-refractivity contribution in [1.82, 2.24) is 4.31 Å². The molecule has 2 N–H and O–H groups in total. The van der Waals surface area contributed by atoms with Gasteiger partial charge < -0.3 is 4.74 Å². The Morgan fingerprint density at radius 2 is 1.83 bits per heavy atom. The molecule has 1 amide bonds. The number of fused-ring (bicyclic) bond motifs is 1. The van der Waals surface area contributed by atoms with E-state index in [1.54, 1.807) is 0 Å². The monoisotopic (exact) mass is 366 g/mol. The Labute approximate surface area is 137 Å². The number of amides is 1. The van der Waals surface area contributed by atoms with Crippen molar-refractivity contribution in [1.29, 1.82) is 0 Å². The first-order valence-corrected chi connectivity index (χ1v) is 8.49. The summed E-state index contributed by atoms with van der Waals surface area (Å²) in [5.41, 5.74) is -1.99. The maximum atomic E-state index is 14.4. The molecule has 0 fully saturated rings. The topological polar surface area (TPSA) is 89.7 Å². The third-order valence-electron chi connectivity index (χ3n) is 3.38. The molecule has 0 aliphatic heterocycles. The van der Waals surface area contributed by atoms with Crippen LogP contribution in [0.5, 0.6) is 0 Å². The van der Waals surface area contributed by atoms with Gasteiger partial charge in [0.15, 0.2) is 0 Å². The van der Waals surface area contributed by atoms with Gasteiger partial charge in [-0.2, -0.15) is 12.7 Å². The van der Waals surface area contributed by atoms with E-state index in [2.05, 4.69) is 0 Å². The molecular weight excluding hydrogens is 349 g/mol. The van der Waals surface area contributed by atoms with Gasteiger partial charge in [-0.05, 0) is 38.5 Å². The van der Waals surface area contributed by atoms with Crippen LogP contribution in [0, 0.1) is 11.6 Å². The van der Waals surface area contributed by atoms with Gasteiger partial charge >= 0.3 is 16.3 Å². The molecule has 0 saturated heterocycles. The first-order valence-electron chi connectivity index (χ1n) is 6.99. The van der Waals surface area contributed by atoms with Gasteiger partial charge in [-0.1, -0.05) is 0 Å². The Morgan fingerprint density at radius 3 is 2.33 bits per heavy atom. The number of carbonyl (C=O) groups is 1. The quantitative estimate of drug-likeness (QED) is 0.870. The fourth-order valence-electron chi connectivity index (χ4n) is 2.57. The molecule has 6 nitrogen and oxygen atoms in total. The number of hydrogen-bond donors (Lipinski definition) is 1. The largest absolute Gasteiger partial charge is 0.443 e. The zero-order chi connectivity index (χ0) is 18.4. The fourth-order valence-corrected chi connectivity index (χ4v) is 3.37. The Balaban J connectivity index is 2.58. The zero-order valence-corrected chi connectivity index (χ0v) is 14.0. The van der Waals surface area contributed by atoms with Crippen LogP contribution >= 0.6 is 0 Å². The van der Waals surface area contributed by atoms with Crippen LogP contribution in [-0.4, -0.2) is 30.6 Å². The molecule has 24 heavy (non-hydrogen) atoms. The lowest BCUT2D eigenvalue weighted by molar-refractivity contribution is 0.0283. The van der Waals surface area contributed by atoms with E-state index in [0.717, 1.165) is 12.1 Å². The van der Waals surface area contributed by atoms with Crippen LogP contribution in [-0.2, 0) is 21.4 Å². The number of ether oxygens (including phenoxy) is 1. The minimum Gasteiger partial charge on any atom is -0.443 e. The molecule has 2 unspecified atom stereocenters. The van der Waals surface area contributed by atoms with Crippen molar-refractivity contribution in [2.24, 2.45) is 5.14 Å².